The molecule has 216 valence electrons. The third-order valence-corrected chi connectivity index (χ3v) is 10.1. The molecule has 9 nitrogen and oxygen atoms in total. The number of benzene rings is 1. The fourth-order valence-corrected chi connectivity index (χ4v) is 7.77. The van der Waals surface area contributed by atoms with Crippen LogP contribution >= 0.6 is 11.8 Å². The molecule has 11 heteroatoms. The molecule has 2 unspecified atom stereocenters. The second-order valence-corrected chi connectivity index (χ2v) is 14.5. The molecule has 0 saturated carbocycles. The molecule has 0 aliphatic carbocycles. The maximum Gasteiger partial charge on any atom is 0.264 e. The normalized spacial score (nSPS) is 22.6. The number of piperidine rings is 1. The van der Waals surface area contributed by atoms with E-state index in [4.69, 9.17) is 0 Å². The number of thioether (sulfide) groups is 1. The van der Waals surface area contributed by atoms with Gasteiger partial charge in [-0.05, 0) is 62.8 Å². The highest BCUT2D eigenvalue weighted by Gasteiger charge is 2.42. The standard InChI is InChI=1S/C28H42N4O5S2/c1-5-38-13-12-30(39(4,36)37)17-24(33)18-31-22-10-11-23(31)16-21(15-22)29-27(34)25-14-20-8-6-7-9-26(20)32(19(2)3)28(25)35/h6-9,14,19,21-24,33H,5,10-13,15-18H2,1-4H3,(H,29,34)/t21?,22-,23+,24?. The Morgan fingerprint density at radius 3 is 2.49 bits per heavy atom. The Hall–Kier alpha value is -1.92. The van der Waals surface area contributed by atoms with Crippen molar-refractivity contribution in [2.75, 3.05) is 37.4 Å². The number of carbonyl (C=O) groups excluding carboxylic acids is 1. The molecule has 0 radical (unpaired) electrons. The summed E-state index contributed by atoms with van der Waals surface area (Å²) in [4.78, 5) is 28.9. The first kappa shape index (κ1) is 30.0. The number of para-hydroxylation sites is 1. The number of aliphatic hydroxyl groups is 1. The zero-order valence-electron chi connectivity index (χ0n) is 23.4. The van der Waals surface area contributed by atoms with E-state index in [9.17, 15) is 23.1 Å². The van der Waals surface area contributed by atoms with Gasteiger partial charge in [0.2, 0.25) is 10.0 Å². The van der Waals surface area contributed by atoms with E-state index in [2.05, 4.69) is 10.2 Å². The highest BCUT2D eigenvalue weighted by atomic mass is 32.2. The second-order valence-electron chi connectivity index (χ2n) is 11.1. The average molecular weight is 579 g/mol. The Balaban J connectivity index is 1.40. The summed E-state index contributed by atoms with van der Waals surface area (Å²) in [6.45, 7) is 6.81. The van der Waals surface area contributed by atoms with Crippen LogP contribution in [0.5, 0.6) is 0 Å². The van der Waals surface area contributed by atoms with Gasteiger partial charge in [0.05, 0.1) is 17.9 Å². The molecule has 2 aliphatic heterocycles. The Bertz CT molecular complexity index is 1310. The van der Waals surface area contributed by atoms with Gasteiger partial charge in [0.1, 0.15) is 5.56 Å². The van der Waals surface area contributed by atoms with Crippen molar-refractivity contribution in [3.63, 3.8) is 0 Å². The Morgan fingerprint density at radius 1 is 1.21 bits per heavy atom. The van der Waals surface area contributed by atoms with E-state index in [0.29, 0.717) is 18.8 Å². The predicted octanol–water partition coefficient (Wildman–Crippen LogP) is 2.68. The highest BCUT2D eigenvalue weighted by molar-refractivity contribution is 7.99. The molecule has 0 spiro atoms. The third kappa shape index (κ3) is 7.05. The van der Waals surface area contributed by atoms with Gasteiger partial charge in [-0.3, -0.25) is 14.5 Å². The molecule has 1 amide bonds. The van der Waals surface area contributed by atoms with Crippen molar-refractivity contribution < 1.29 is 18.3 Å². The first-order valence-electron chi connectivity index (χ1n) is 13.9. The van der Waals surface area contributed by atoms with Crippen LogP contribution in [0.25, 0.3) is 10.9 Å². The van der Waals surface area contributed by atoms with Gasteiger partial charge in [0, 0.05) is 49.6 Å². The first-order chi connectivity index (χ1) is 18.5. The van der Waals surface area contributed by atoms with Gasteiger partial charge < -0.3 is 15.0 Å². The molecule has 2 aromatic rings. The molecule has 4 atom stereocenters. The summed E-state index contributed by atoms with van der Waals surface area (Å²) < 4.78 is 27.5. The number of amides is 1. The lowest BCUT2D eigenvalue weighted by Crippen LogP contribution is -2.53. The lowest BCUT2D eigenvalue weighted by Gasteiger charge is -2.40. The van der Waals surface area contributed by atoms with Crippen molar-refractivity contribution in [2.45, 2.75) is 76.7 Å². The van der Waals surface area contributed by atoms with Crippen molar-refractivity contribution in [2.24, 2.45) is 0 Å². The van der Waals surface area contributed by atoms with Gasteiger partial charge in [-0.1, -0.05) is 25.1 Å². The Labute approximate surface area is 236 Å². The van der Waals surface area contributed by atoms with Crippen LogP contribution in [0, 0.1) is 0 Å². The fourth-order valence-electron chi connectivity index (χ4n) is 6.15. The number of hydrogen-bond acceptors (Lipinski definition) is 7. The lowest BCUT2D eigenvalue weighted by atomic mass is 9.96. The average Bonchev–Trinajstić information content (AvgIpc) is 3.09. The van der Waals surface area contributed by atoms with E-state index in [-0.39, 0.29) is 47.7 Å². The number of pyridine rings is 1. The van der Waals surface area contributed by atoms with Crippen LogP contribution in [0.2, 0.25) is 0 Å². The summed E-state index contributed by atoms with van der Waals surface area (Å²) >= 11 is 1.68. The molecule has 2 fully saturated rings. The fraction of sp³-hybridized carbons (Fsp3) is 0.643. The van der Waals surface area contributed by atoms with Gasteiger partial charge in [-0.2, -0.15) is 16.1 Å². The lowest BCUT2D eigenvalue weighted by molar-refractivity contribution is 0.0435. The second kappa shape index (κ2) is 12.7. The van der Waals surface area contributed by atoms with Gasteiger partial charge in [-0.15, -0.1) is 0 Å². The minimum atomic E-state index is -3.40. The summed E-state index contributed by atoms with van der Waals surface area (Å²) in [5.41, 5.74) is 0.699. The van der Waals surface area contributed by atoms with Crippen LogP contribution < -0.4 is 10.9 Å². The molecule has 1 aromatic carbocycles. The minimum absolute atomic E-state index is 0.0552. The van der Waals surface area contributed by atoms with Crippen molar-refractivity contribution in [3.8, 4) is 0 Å². The number of sulfonamides is 1. The zero-order chi connectivity index (χ0) is 28.3. The molecule has 2 N–H and O–H groups in total. The highest BCUT2D eigenvalue weighted by Crippen LogP contribution is 2.36. The van der Waals surface area contributed by atoms with Crippen LogP contribution in [-0.2, 0) is 10.0 Å². The number of carbonyl (C=O) groups is 1. The summed E-state index contributed by atoms with van der Waals surface area (Å²) in [6.07, 6.45) is 3.84. The predicted molar refractivity (Wildman–Crippen MR) is 158 cm³/mol. The van der Waals surface area contributed by atoms with Crippen LogP contribution in [0.1, 0.15) is 62.9 Å². The largest absolute Gasteiger partial charge is 0.390 e. The van der Waals surface area contributed by atoms with E-state index >= 15 is 0 Å². The monoisotopic (exact) mass is 578 g/mol. The van der Waals surface area contributed by atoms with Gasteiger partial charge >= 0.3 is 0 Å². The maximum absolute atomic E-state index is 13.3. The van der Waals surface area contributed by atoms with Crippen LogP contribution in [-0.4, -0.2) is 94.8 Å². The number of aromatic nitrogens is 1. The van der Waals surface area contributed by atoms with Crippen molar-refractivity contribution >= 4 is 38.6 Å². The van der Waals surface area contributed by atoms with Gasteiger partial charge in [-0.25, -0.2) is 8.42 Å². The molecule has 2 bridgehead atoms. The van der Waals surface area contributed by atoms with Crippen molar-refractivity contribution in [1.29, 1.82) is 0 Å². The topological polar surface area (TPSA) is 112 Å². The quantitative estimate of drug-likeness (QED) is 0.373. The van der Waals surface area contributed by atoms with Crippen molar-refractivity contribution in [3.05, 3.63) is 46.2 Å². The van der Waals surface area contributed by atoms with E-state index < -0.39 is 16.1 Å². The Morgan fingerprint density at radius 2 is 1.87 bits per heavy atom. The molecule has 2 aliphatic rings. The van der Waals surface area contributed by atoms with Gasteiger partial charge in [0.25, 0.3) is 11.5 Å². The van der Waals surface area contributed by atoms with Gasteiger partial charge in [0.15, 0.2) is 0 Å². The number of aliphatic hydroxyl groups excluding tert-OH is 1. The minimum Gasteiger partial charge on any atom is -0.390 e. The van der Waals surface area contributed by atoms with E-state index in [1.807, 2.05) is 45.0 Å². The van der Waals surface area contributed by atoms with Crippen LogP contribution in [0.4, 0.5) is 0 Å². The van der Waals surface area contributed by atoms with E-state index in [1.165, 1.54) is 10.6 Å². The molecular formula is C28H42N4O5S2. The van der Waals surface area contributed by atoms with Crippen LogP contribution in [0.15, 0.2) is 35.1 Å². The summed E-state index contributed by atoms with van der Waals surface area (Å²) in [6, 6.07) is 9.58. The maximum atomic E-state index is 13.3. The summed E-state index contributed by atoms with van der Waals surface area (Å²) in [7, 11) is -3.40. The number of fused-ring (bicyclic) bond motifs is 3. The van der Waals surface area contributed by atoms with Crippen molar-refractivity contribution in [1.82, 2.24) is 19.1 Å². The molecule has 1 aromatic heterocycles. The SMILES string of the molecule is CCSCCN(CC(O)CN1[C@@H]2CC[C@H]1CC(NC(=O)c1cc3ccccc3n(C(C)C)c1=O)C2)S(C)(=O)=O. The molecule has 4 rings (SSSR count). The first-order valence-corrected chi connectivity index (χ1v) is 16.9. The number of rotatable bonds is 12. The van der Waals surface area contributed by atoms with E-state index in [0.717, 1.165) is 42.3 Å². The van der Waals surface area contributed by atoms with Crippen LogP contribution in [0.3, 0.4) is 0 Å². The molecule has 39 heavy (non-hydrogen) atoms. The number of nitrogens with one attached hydrogen (secondary N) is 1. The molecular weight excluding hydrogens is 536 g/mol. The molecule has 2 saturated heterocycles. The van der Waals surface area contributed by atoms with E-state index in [1.54, 1.807) is 22.4 Å². The number of hydrogen-bond donors (Lipinski definition) is 2. The third-order valence-electron chi connectivity index (χ3n) is 7.92. The summed E-state index contributed by atoms with van der Waals surface area (Å²) in [5, 5.41) is 14.8. The summed E-state index contributed by atoms with van der Waals surface area (Å²) in [5.74, 6) is 1.28. The zero-order valence-corrected chi connectivity index (χ0v) is 25.0. The Kier molecular flexibility index (Phi) is 9.80. The number of nitrogens with zero attached hydrogens (tertiary/aromatic N) is 3. The molecule has 3 heterocycles. The smallest absolute Gasteiger partial charge is 0.264 e.